The zero-order valence-electron chi connectivity index (χ0n) is 22.6. The Labute approximate surface area is 231 Å². The number of aryl methyl sites for hydroxylation is 1. The molecule has 0 amide bonds. The fraction of sp³-hybridized carbons (Fsp3) is 0.467. The molecule has 5 heteroatoms. The maximum absolute atomic E-state index is 11.5. The molecule has 2 aromatic heterocycles. The van der Waals surface area contributed by atoms with Crippen molar-refractivity contribution < 1.29 is 30.0 Å². The summed E-state index contributed by atoms with van der Waals surface area (Å²) in [7, 11) is 0. The Balaban J connectivity index is 0.000000383. The fourth-order valence-corrected chi connectivity index (χ4v) is 5.04. The molecule has 1 radical (unpaired) electrons. The van der Waals surface area contributed by atoms with Crippen molar-refractivity contribution in [2.75, 3.05) is 0 Å². The van der Waals surface area contributed by atoms with Crippen LogP contribution in [0.5, 0.6) is 0 Å². The van der Waals surface area contributed by atoms with Gasteiger partial charge in [-0.2, -0.15) is 0 Å². The summed E-state index contributed by atoms with van der Waals surface area (Å²) in [4.78, 5) is 18.6. The van der Waals surface area contributed by atoms with Crippen molar-refractivity contribution in [3.8, 4) is 11.3 Å². The van der Waals surface area contributed by atoms with Gasteiger partial charge in [-0.05, 0) is 0 Å². The molecule has 0 atom stereocenters. The summed E-state index contributed by atoms with van der Waals surface area (Å²) in [5, 5.41) is 10.8. The minimum Gasteiger partial charge on any atom is 0 e. The van der Waals surface area contributed by atoms with Crippen LogP contribution in [0.3, 0.4) is 0 Å². The quantitative estimate of drug-likeness (QED) is 0.126. The van der Waals surface area contributed by atoms with Gasteiger partial charge in [-0.15, -0.1) is 0 Å². The van der Waals surface area contributed by atoms with E-state index < -0.39 is 5.41 Å². The summed E-state index contributed by atoms with van der Waals surface area (Å²) in [6, 6.07) is 14.6. The van der Waals surface area contributed by atoms with E-state index in [4.69, 9.17) is 4.98 Å². The second-order valence-electron chi connectivity index (χ2n) is 10.9. The Morgan fingerprint density at radius 1 is 1.06 bits per heavy atom. The monoisotopic (exact) mass is 719 g/mol. The largest absolute Gasteiger partial charge is 0 e. The maximum Gasteiger partial charge on any atom is 0 e. The minimum atomic E-state index is -0.417. The Bertz CT molecular complexity index is 1150. The van der Waals surface area contributed by atoms with Gasteiger partial charge in [-0.25, -0.2) is 0 Å². The number of fused-ring (bicyclic) bond motifs is 1. The first-order chi connectivity index (χ1) is 15.8. The van der Waals surface area contributed by atoms with Crippen molar-refractivity contribution in [2.45, 2.75) is 81.1 Å². The summed E-state index contributed by atoms with van der Waals surface area (Å²) in [6.45, 7) is 17.8. The number of nitrogens with zero attached hydrogens (tertiary/aromatic N) is 1. The first kappa shape index (κ1) is 31.5. The SMILES string of the molecule is CC(C)(C)C(=O)/C=C(\O)C(C)(C)C.CCC(CC)c1cc(C)[c-]c(-c2ccc3cc[se]c3n2)c1.[Ir]. The summed E-state index contributed by atoms with van der Waals surface area (Å²) in [5.41, 5.74) is 4.08. The average Bonchev–Trinajstić information content (AvgIpc) is 3.21. The van der Waals surface area contributed by atoms with Crippen molar-refractivity contribution in [2.24, 2.45) is 10.8 Å². The van der Waals surface area contributed by atoms with E-state index in [9.17, 15) is 9.90 Å². The molecule has 0 spiro atoms. The molecule has 3 nitrogen and oxygen atoms in total. The van der Waals surface area contributed by atoms with Gasteiger partial charge < -0.3 is 5.11 Å². The topological polar surface area (TPSA) is 50.2 Å². The van der Waals surface area contributed by atoms with Crippen LogP contribution in [-0.4, -0.2) is 30.4 Å². The van der Waals surface area contributed by atoms with Gasteiger partial charge in [-0.3, -0.25) is 4.79 Å². The first-order valence-electron chi connectivity index (χ1n) is 12.1. The van der Waals surface area contributed by atoms with Crippen molar-refractivity contribution >= 4 is 30.1 Å². The predicted molar refractivity (Wildman–Crippen MR) is 146 cm³/mol. The van der Waals surface area contributed by atoms with Gasteiger partial charge in [0.2, 0.25) is 0 Å². The number of allylic oxidation sites excluding steroid dienone is 2. The van der Waals surface area contributed by atoms with Gasteiger partial charge in [0.05, 0.1) is 0 Å². The number of carbonyl (C=O) groups is 1. The molecule has 3 aromatic rings. The van der Waals surface area contributed by atoms with E-state index in [1.807, 2.05) is 41.5 Å². The zero-order chi connectivity index (χ0) is 25.7. The summed E-state index contributed by atoms with van der Waals surface area (Å²) >= 11 is 0.396. The number of aromatic nitrogens is 1. The summed E-state index contributed by atoms with van der Waals surface area (Å²) < 4.78 is 1.25. The fourth-order valence-electron chi connectivity index (χ4n) is 3.43. The van der Waals surface area contributed by atoms with Crippen LogP contribution < -0.4 is 0 Å². The van der Waals surface area contributed by atoms with Gasteiger partial charge in [0.25, 0.3) is 0 Å². The number of ketones is 1. The Morgan fingerprint density at radius 3 is 2.23 bits per heavy atom. The van der Waals surface area contributed by atoms with Crippen molar-refractivity contribution in [3.63, 3.8) is 0 Å². The molecular weight excluding hydrogens is 678 g/mol. The molecular formula is C30H40IrNO2Se-. The minimum absolute atomic E-state index is 0. The number of carbonyl (C=O) groups excluding carboxylic acids is 1. The van der Waals surface area contributed by atoms with Gasteiger partial charge in [-0.1, -0.05) is 41.5 Å². The van der Waals surface area contributed by atoms with Gasteiger partial charge >= 0.3 is 133 Å². The molecule has 3 rings (SSSR count). The van der Waals surface area contributed by atoms with E-state index in [2.05, 4.69) is 62.1 Å². The van der Waals surface area contributed by atoms with Crippen molar-refractivity contribution in [1.29, 1.82) is 0 Å². The second kappa shape index (κ2) is 13.2. The molecule has 1 aromatic carbocycles. The third kappa shape index (κ3) is 9.14. The van der Waals surface area contributed by atoms with E-state index in [-0.39, 0.29) is 37.1 Å². The first-order valence-corrected chi connectivity index (χ1v) is 13.9. The van der Waals surface area contributed by atoms with Gasteiger partial charge in [0.1, 0.15) is 5.76 Å². The number of pyridine rings is 1. The number of hydrogen-bond donors (Lipinski definition) is 1. The van der Waals surface area contributed by atoms with Crippen molar-refractivity contribution in [3.05, 3.63) is 64.3 Å². The molecule has 0 bridgehead atoms. The normalized spacial score (nSPS) is 12.2. The van der Waals surface area contributed by atoms with Crippen LogP contribution in [0.4, 0.5) is 0 Å². The van der Waals surface area contributed by atoms with Crippen LogP contribution >= 0.6 is 0 Å². The second-order valence-corrected chi connectivity index (χ2v) is 12.8. The zero-order valence-corrected chi connectivity index (χ0v) is 26.7. The molecule has 193 valence electrons. The number of hydrogen-bond acceptors (Lipinski definition) is 3. The van der Waals surface area contributed by atoms with Gasteiger partial charge in [0, 0.05) is 37.0 Å². The van der Waals surface area contributed by atoms with Crippen LogP contribution in [-0.2, 0) is 24.9 Å². The van der Waals surface area contributed by atoms with Crippen LogP contribution in [0, 0.1) is 23.8 Å². The molecule has 2 heterocycles. The molecule has 1 N–H and O–H groups in total. The molecule has 0 aliphatic heterocycles. The standard InChI is InChI=1S/C19H20NSe.C11H20O2.Ir/c1-4-14(5-2)16-10-13(3)11-17(12-16)18-7-6-15-8-9-21-19(15)20-18;1-10(2,3)8(12)7-9(13)11(4,5)6;/h6-10,12,14H,4-5H2,1-3H3;7,12H,1-6H3;/q-1;;/b;8-7-;. The number of rotatable bonds is 5. The van der Waals surface area contributed by atoms with Crippen LogP contribution in [0.1, 0.15) is 85.3 Å². The van der Waals surface area contributed by atoms with E-state index in [0.29, 0.717) is 20.4 Å². The van der Waals surface area contributed by atoms with E-state index in [0.717, 1.165) is 11.3 Å². The molecule has 0 fully saturated rings. The number of aliphatic hydroxyl groups excluding tert-OH is 1. The average molecular weight is 718 g/mol. The van der Waals surface area contributed by atoms with E-state index in [1.165, 1.54) is 39.8 Å². The van der Waals surface area contributed by atoms with E-state index in [1.54, 1.807) is 0 Å². The van der Waals surface area contributed by atoms with Crippen LogP contribution in [0.15, 0.2) is 47.1 Å². The third-order valence-corrected chi connectivity index (χ3v) is 7.58. The smallest absolute Gasteiger partial charge is 0 e. The number of aliphatic hydroxyl groups is 1. The number of benzene rings is 1. The van der Waals surface area contributed by atoms with Gasteiger partial charge in [0.15, 0.2) is 5.78 Å². The molecule has 0 saturated carbocycles. The van der Waals surface area contributed by atoms with Crippen LogP contribution in [0.25, 0.3) is 21.0 Å². The van der Waals surface area contributed by atoms with E-state index >= 15 is 0 Å². The Hall–Kier alpha value is -1.51. The predicted octanol–water partition coefficient (Wildman–Crippen LogP) is 8.06. The molecule has 0 aliphatic rings. The maximum atomic E-state index is 11.5. The van der Waals surface area contributed by atoms with Crippen LogP contribution in [0.2, 0.25) is 0 Å². The molecule has 0 unspecified atom stereocenters. The Morgan fingerprint density at radius 2 is 1.69 bits per heavy atom. The Kier molecular flexibility index (Phi) is 11.8. The summed E-state index contributed by atoms with van der Waals surface area (Å²) in [5.74, 6) is 0.740. The molecule has 0 saturated heterocycles. The summed E-state index contributed by atoms with van der Waals surface area (Å²) in [6.07, 6.45) is 3.70. The molecule has 35 heavy (non-hydrogen) atoms. The molecule has 0 aliphatic carbocycles. The third-order valence-electron chi connectivity index (χ3n) is 5.85. The van der Waals surface area contributed by atoms with Crippen molar-refractivity contribution in [1.82, 2.24) is 4.98 Å².